The Morgan fingerprint density at radius 1 is 1.25 bits per heavy atom. The van der Waals surface area contributed by atoms with Crippen molar-refractivity contribution < 1.29 is 4.79 Å². The normalized spacial score (nSPS) is 20.8. The van der Waals surface area contributed by atoms with Gasteiger partial charge in [-0.15, -0.1) is 0 Å². The van der Waals surface area contributed by atoms with Gasteiger partial charge in [-0.1, -0.05) is 58.0 Å². The minimum atomic E-state index is -0.621. The van der Waals surface area contributed by atoms with Crippen LogP contribution in [0.15, 0.2) is 30.3 Å². The molecule has 0 aliphatic heterocycles. The van der Waals surface area contributed by atoms with Crippen molar-refractivity contribution in [2.45, 2.75) is 40.2 Å². The molecule has 3 nitrogen and oxygen atoms in total. The lowest BCUT2D eigenvalue weighted by atomic mass is 10.00. The molecule has 0 saturated heterocycles. The van der Waals surface area contributed by atoms with Crippen LogP contribution in [0.5, 0.6) is 0 Å². The maximum absolute atomic E-state index is 12.3. The number of nitrogens with one attached hydrogen (secondary N) is 1. The SMILES string of the molecule is CC1(C)C(NC(=O)C(C#N)Cc2ccccc2)C1(C)C. The minimum Gasteiger partial charge on any atom is -0.351 e. The van der Waals surface area contributed by atoms with E-state index in [2.05, 4.69) is 39.1 Å². The molecule has 1 atom stereocenters. The quantitative estimate of drug-likeness (QED) is 0.914. The smallest absolute Gasteiger partial charge is 0.237 e. The third-order valence-electron chi connectivity index (χ3n) is 5.06. The first kappa shape index (κ1) is 14.6. The van der Waals surface area contributed by atoms with E-state index in [1.54, 1.807) is 0 Å². The van der Waals surface area contributed by atoms with Crippen molar-refractivity contribution in [3.8, 4) is 6.07 Å². The molecule has 2 rings (SSSR count). The second-order valence-corrected chi connectivity index (χ2v) is 6.76. The maximum atomic E-state index is 12.3. The number of nitriles is 1. The van der Waals surface area contributed by atoms with Crippen LogP contribution in [0.3, 0.4) is 0 Å². The van der Waals surface area contributed by atoms with Gasteiger partial charge in [0.25, 0.3) is 0 Å². The lowest BCUT2D eigenvalue weighted by Crippen LogP contribution is -2.35. The molecule has 1 saturated carbocycles. The molecule has 3 heteroatoms. The van der Waals surface area contributed by atoms with E-state index in [1.807, 2.05) is 30.3 Å². The van der Waals surface area contributed by atoms with Crippen LogP contribution in [0.1, 0.15) is 33.3 Å². The summed E-state index contributed by atoms with van der Waals surface area (Å²) in [6.45, 7) is 8.60. The van der Waals surface area contributed by atoms with Gasteiger partial charge in [-0.2, -0.15) is 5.26 Å². The fourth-order valence-electron chi connectivity index (χ4n) is 2.85. The zero-order valence-electron chi connectivity index (χ0n) is 12.6. The predicted octanol–water partition coefficient (Wildman–Crippen LogP) is 2.92. The summed E-state index contributed by atoms with van der Waals surface area (Å²) in [5.74, 6) is -0.774. The van der Waals surface area contributed by atoms with E-state index in [0.29, 0.717) is 6.42 Å². The van der Waals surface area contributed by atoms with Gasteiger partial charge in [0.05, 0.1) is 6.07 Å². The Hall–Kier alpha value is -1.82. The molecule has 106 valence electrons. The summed E-state index contributed by atoms with van der Waals surface area (Å²) >= 11 is 0. The number of amides is 1. The number of rotatable bonds is 4. The summed E-state index contributed by atoms with van der Waals surface area (Å²) < 4.78 is 0. The molecular weight excluding hydrogens is 248 g/mol. The fraction of sp³-hybridized carbons (Fsp3) is 0.529. The van der Waals surface area contributed by atoms with Gasteiger partial charge in [0.15, 0.2) is 0 Å². The predicted molar refractivity (Wildman–Crippen MR) is 78.7 cm³/mol. The zero-order chi connectivity index (χ0) is 15.0. The third-order valence-corrected chi connectivity index (χ3v) is 5.06. The highest BCUT2D eigenvalue weighted by Crippen LogP contribution is 2.62. The van der Waals surface area contributed by atoms with Gasteiger partial charge in [-0.25, -0.2) is 0 Å². The van der Waals surface area contributed by atoms with E-state index in [9.17, 15) is 10.1 Å². The first-order valence-corrected chi connectivity index (χ1v) is 7.04. The Balaban J connectivity index is 2.00. The summed E-state index contributed by atoms with van der Waals surface area (Å²) in [6, 6.07) is 11.9. The maximum Gasteiger partial charge on any atom is 0.237 e. The molecule has 0 aromatic heterocycles. The van der Waals surface area contributed by atoms with Crippen LogP contribution in [0.2, 0.25) is 0 Å². The van der Waals surface area contributed by atoms with Crippen LogP contribution in [-0.2, 0) is 11.2 Å². The highest BCUT2D eigenvalue weighted by atomic mass is 16.2. The van der Waals surface area contributed by atoms with Gasteiger partial charge >= 0.3 is 0 Å². The lowest BCUT2D eigenvalue weighted by Gasteiger charge is -2.11. The molecule has 1 aliphatic rings. The van der Waals surface area contributed by atoms with Crippen LogP contribution < -0.4 is 5.32 Å². The van der Waals surface area contributed by atoms with E-state index in [-0.39, 0.29) is 22.8 Å². The van der Waals surface area contributed by atoms with Gasteiger partial charge in [-0.3, -0.25) is 4.79 Å². The highest BCUT2D eigenvalue weighted by Gasteiger charge is 2.65. The van der Waals surface area contributed by atoms with E-state index in [1.165, 1.54) is 0 Å². The van der Waals surface area contributed by atoms with Crippen molar-refractivity contribution in [3.05, 3.63) is 35.9 Å². The molecule has 20 heavy (non-hydrogen) atoms. The van der Waals surface area contributed by atoms with Crippen LogP contribution in [-0.4, -0.2) is 11.9 Å². The van der Waals surface area contributed by atoms with Crippen molar-refractivity contribution in [1.29, 1.82) is 5.26 Å². The van der Waals surface area contributed by atoms with Gasteiger partial charge in [0.1, 0.15) is 5.92 Å². The zero-order valence-corrected chi connectivity index (χ0v) is 12.6. The van der Waals surface area contributed by atoms with E-state index >= 15 is 0 Å². The summed E-state index contributed by atoms with van der Waals surface area (Å²) in [7, 11) is 0. The minimum absolute atomic E-state index is 0.0927. The molecule has 1 aromatic carbocycles. The number of carbonyl (C=O) groups is 1. The average molecular weight is 270 g/mol. The summed E-state index contributed by atoms with van der Waals surface area (Å²) in [5.41, 5.74) is 1.20. The first-order chi connectivity index (χ1) is 9.30. The largest absolute Gasteiger partial charge is 0.351 e. The molecule has 1 unspecified atom stereocenters. The molecule has 1 aliphatic carbocycles. The fourth-order valence-corrected chi connectivity index (χ4v) is 2.85. The van der Waals surface area contributed by atoms with Gasteiger partial charge in [0, 0.05) is 6.04 Å². The molecule has 1 N–H and O–H groups in total. The van der Waals surface area contributed by atoms with Crippen molar-refractivity contribution in [1.82, 2.24) is 5.32 Å². The number of carbonyl (C=O) groups excluding carboxylic acids is 1. The summed E-state index contributed by atoms with van der Waals surface area (Å²) in [4.78, 5) is 12.3. The Kier molecular flexibility index (Phi) is 3.60. The van der Waals surface area contributed by atoms with Crippen molar-refractivity contribution in [2.75, 3.05) is 0 Å². The number of hydrogen-bond acceptors (Lipinski definition) is 2. The van der Waals surface area contributed by atoms with Crippen LogP contribution in [0.25, 0.3) is 0 Å². The lowest BCUT2D eigenvalue weighted by molar-refractivity contribution is -0.123. The van der Waals surface area contributed by atoms with Crippen LogP contribution in [0.4, 0.5) is 0 Å². The number of nitrogens with zero attached hydrogens (tertiary/aromatic N) is 1. The van der Waals surface area contributed by atoms with E-state index < -0.39 is 5.92 Å². The second kappa shape index (κ2) is 4.94. The highest BCUT2D eigenvalue weighted by molar-refractivity contribution is 5.82. The van der Waals surface area contributed by atoms with Crippen LogP contribution >= 0.6 is 0 Å². The van der Waals surface area contributed by atoms with Crippen molar-refractivity contribution >= 4 is 5.91 Å². The Bertz CT molecular complexity index is 526. The summed E-state index contributed by atoms with van der Waals surface area (Å²) in [5, 5.41) is 12.3. The molecule has 0 bridgehead atoms. The van der Waals surface area contributed by atoms with Crippen molar-refractivity contribution in [3.63, 3.8) is 0 Å². The topological polar surface area (TPSA) is 52.9 Å². The first-order valence-electron chi connectivity index (χ1n) is 7.04. The van der Waals surface area contributed by atoms with Crippen LogP contribution in [0, 0.1) is 28.1 Å². The second-order valence-electron chi connectivity index (χ2n) is 6.76. The third kappa shape index (κ3) is 2.43. The van der Waals surface area contributed by atoms with E-state index in [4.69, 9.17) is 0 Å². The molecule has 1 amide bonds. The molecule has 0 heterocycles. The Morgan fingerprint density at radius 2 is 1.80 bits per heavy atom. The standard InChI is InChI=1S/C17H22N2O/c1-16(2)15(17(16,3)4)19-14(20)13(11-18)10-12-8-6-5-7-9-12/h5-9,13,15H,10H2,1-4H3,(H,19,20). The van der Waals surface area contributed by atoms with E-state index in [0.717, 1.165) is 5.56 Å². The molecule has 1 aromatic rings. The van der Waals surface area contributed by atoms with Crippen molar-refractivity contribution in [2.24, 2.45) is 16.7 Å². The number of hydrogen-bond donors (Lipinski definition) is 1. The Labute approximate surface area is 121 Å². The summed E-state index contributed by atoms with van der Waals surface area (Å²) in [6.07, 6.45) is 0.469. The monoisotopic (exact) mass is 270 g/mol. The van der Waals surface area contributed by atoms with Gasteiger partial charge in [0.2, 0.25) is 5.91 Å². The van der Waals surface area contributed by atoms with Gasteiger partial charge in [-0.05, 0) is 22.8 Å². The number of benzene rings is 1. The Morgan fingerprint density at radius 3 is 2.25 bits per heavy atom. The molecule has 0 radical (unpaired) electrons. The van der Waals surface area contributed by atoms with Gasteiger partial charge < -0.3 is 5.32 Å². The molecule has 1 fully saturated rings. The molecular formula is C17H22N2O. The molecule has 0 spiro atoms. The average Bonchev–Trinajstić information content (AvgIpc) is 2.79.